The van der Waals surface area contributed by atoms with Crippen LogP contribution in [-0.2, 0) is 21.3 Å². The van der Waals surface area contributed by atoms with Crippen LogP contribution in [0, 0.1) is 5.41 Å². The summed E-state index contributed by atoms with van der Waals surface area (Å²) in [5.74, 6) is -0.147. The van der Waals surface area contributed by atoms with E-state index >= 15 is 0 Å². The second-order valence-electron chi connectivity index (χ2n) is 6.12. The van der Waals surface area contributed by atoms with Crippen molar-refractivity contribution in [1.29, 1.82) is 0 Å². The zero-order valence-corrected chi connectivity index (χ0v) is 12.9. The van der Waals surface area contributed by atoms with Gasteiger partial charge in [-0.3, -0.25) is 4.57 Å². The molecule has 0 radical (unpaired) electrons. The third kappa shape index (κ3) is 3.31. The minimum Gasteiger partial charge on any atom is -0.377 e. The molecule has 0 amide bonds. The monoisotopic (exact) mass is 335 g/mol. The van der Waals surface area contributed by atoms with E-state index in [0.29, 0.717) is 11.2 Å². The minimum absolute atomic E-state index is 0.0126. The number of imidazole rings is 1. The summed E-state index contributed by atoms with van der Waals surface area (Å²) in [6.45, 7) is -2.36. The molecule has 3 rings (SSSR count). The molecule has 1 atom stereocenters. The molecule has 0 aromatic carbocycles. The predicted octanol–water partition coefficient (Wildman–Crippen LogP) is 1.66. The van der Waals surface area contributed by atoms with Crippen LogP contribution in [0.4, 0.5) is 8.78 Å². The normalized spacial score (nSPS) is 24.0. The molecule has 1 N–H and O–H groups in total. The van der Waals surface area contributed by atoms with Crippen molar-refractivity contribution in [2.45, 2.75) is 44.9 Å². The Morgan fingerprint density at radius 3 is 2.86 bits per heavy atom. The molecule has 22 heavy (non-hydrogen) atoms. The number of ether oxygens (including phenoxy) is 1. The summed E-state index contributed by atoms with van der Waals surface area (Å²) in [5, 5.41) is 0. The average Bonchev–Trinajstić information content (AvgIpc) is 3.01. The van der Waals surface area contributed by atoms with Crippen molar-refractivity contribution in [3.8, 4) is 0 Å². The van der Waals surface area contributed by atoms with Crippen LogP contribution in [0.3, 0.4) is 0 Å². The second-order valence-corrected chi connectivity index (χ2v) is 7.97. The molecule has 2 heterocycles. The van der Waals surface area contributed by atoms with Crippen LogP contribution in [0.5, 0.6) is 0 Å². The third-order valence-corrected chi connectivity index (χ3v) is 5.91. The van der Waals surface area contributed by atoms with Gasteiger partial charge in [0.2, 0.25) is 10.0 Å². The summed E-state index contributed by atoms with van der Waals surface area (Å²) in [4.78, 5) is 3.74. The van der Waals surface area contributed by atoms with E-state index in [-0.39, 0.29) is 29.6 Å². The Hall–Kier alpha value is -1.06. The molecule has 124 valence electrons. The maximum atomic E-state index is 12.7. The molecule has 0 bridgehead atoms. The fraction of sp³-hybridized carbons (Fsp3) is 0.769. The van der Waals surface area contributed by atoms with Crippen molar-refractivity contribution < 1.29 is 21.9 Å². The number of nitrogens with zero attached hydrogens (tertiary/aromatic N) is 2. The lowest BCUT2D eigenvalue weighted by atomic mass is 9.68. The number of alkyl halides is 2. The molecule has 1 aliphatic carbocycles. The van der Waals surface area contributed by atoms with Crippen LogP contribution in [0.25, 0.3) is 0 Å². The Morgan fingerprint density at radius 2 is 2.27 bits per heavy atom. The fourth-order valence-electron chi connectivity index (χ4n) is 3.16. The quantitative estimate of drug-likeness (QED) is 0.858. The Kier molecular flexibility index (Phi) is 4.21. The highest BCUT2D eigenvalue weighted by molar-refractivity contribution is 7.89. The van der Waals surface area contributed by atoms with E-state index in [2.05, 4.69) is 9.71 Å². The van der Waals surface area contributed by atoms with Crippen LogP contribution in [0.2, 0.25) is 0 Å². The van der Waals surface area contributed by atoms with Crippen LogP contribution in [0.1, 0.15) is 38.1 Å². The van der Waals surface area contributed by atoms with Gasteiger partial charge in [0.25, 0.3) is 0 Å². The predicted molar refractivity (Wildman–Crippen MR) is 74.7 cm³/mol. The van der Waals surface area contributed by atoms with Crippen LogP contribution in [0.15, 0.2) is 12.4 Å². The lowest BCUT2D eigenvalue weighted by molar-refractivity contribution is 0.0668. The smallest absolute Gasteiger partial charge is 0.319 e. The molecular formula is C13H19F2N3O3S. The van der Waals surface area contributed by atoms with Gasteiger partial charge in [-0.15, -0.1) is 0 Å². The first-order valence-electron chi connectivity index (χ1n) is 7.28. The summed E-state index contributed by atoms with van der Waals surface area (Å²) < 4.78 is 58.0. The van der Waals surface area contributed by atoms with E-state index in [1.165, 1.54) is 12.6 Å². The summed E-state index contributed by atoms with van der Waals surface area (Å²) in [6.07, 6.45) is 6.17. The van der Waals surface area contributed by atoms with Crippen molar-refractivity contribution in [2.75, 3.05) is 12.4 Å². The third-order valence-electron chi connectivity index (χ3n) is 4.51. The van der Waals surface area contributed by atoms with E-state index < -0.39 is 16.6 Å². The van der Waals surface area contributed by atoms with Crippen molar-refractivity contribution in [2.24, 2.45) is 5.41 Å². The molecule has 1 aliphatic heterocycles. The van der Waals surface area contributed by atoms with Crippen molar-refractivity contribution in [1.82, 2.24) is 14.3 Å². The molecule has 1 aromatic rings. The van der Waals surface area contributed by atoms with Crippen LogP contribution < -0.4 is 4.72 Å². The van der Waals surface area contributed by atoms with Gasteiger partial charge < -0.3 is 4.74 Å². The number of hydrogen-bond donors (Lipinski definition) is 1. The fourth-order valence-corrected chi connectivity index (χ4v) is 4.33. The molecule has 1 unspecified atom stereocenters. The van der Waals surface area contributed by atoms with E-state index in [1.807, 2.05) is 0 Å². The Bertz CT molecular complexity index is 628. The molecule has 1 spiro atoms. The number of aromatic nitrogens is 2. The Balaban J connectivity index is 1.54. The number of nitrogens with one attached hydrogen (secondary N) is 1. The maximum Gasteiger partial charge on any atom is 0.319 e. The number of sulfonamides is 1. The SMILES string of the molecule is O=S(=O)(CC1CC2(CCC2)CO1)NCc1nccn1C(F)F. The Morgan fingerprint density at radius 1 is 1.50 bits per heavy atom. The largest absolute Gasteiger partial charge is 0.377 e. The number of halogens is 2. The second kappa shape index (κ2) is 5.86. The molecule has 2 aliphatic rings. The highest BCUT2D eigenvalue weighted by Gasteiger charge is 2.45. The molecular weight excluding hydrogens is 316 g/mol. The topological polar surface area (TPSA) is 73.2 Å². The highest BCUT2D eigenvalue weighted by atomic mass is 32.2. The van der Waals surface area contributed by atoms with Crippen molar-refractivity contribution >= 4 is 10.0 Å². The highest BCUT2D eigenvalue weighted by Crippen LogP contribution is 2.49. The summed E-state index contributed by atoms with van der Waals surface area (Å²) in [6, 6.07) is 0. The number of rotatable bonds is 6. The van der Waals surface area contributed by atoms with Gasteiger partial charge in [-0.1, -0.05) is 6.42 Å². The Labute approximate surface area is 127 Å². The first-order chi connectivity index (χ1) is 10.4. The van der Waals surface area contributed by atoms with E-state index in [9.17, 15) is 17.2 Å². The van der Waals surface area contributed by atoms with E-state index in [4.69, 9.17) is 4.74 Å². The first-order valence-corrected chi connectivity index (χ1v) is 8.93. The van der Waals surface area contributed by atoms with E-state index in [1.54, 1.807) is 0 Å². The van der Waals surface area contributed by atoms with Gasteiger partial charge in [0, 0.05) is 12.4 Å². The summed E-state index contributed by atoms with van der Waals surface area (Å²) in [5.41, 5.74) is 0.187. The summed E-state index contributed by atoms with van der Waals surface area (Å²) in [7, 11) is -3.59. The van der Waals surface area contributed by atoms with Crippen molar-refractivity contribution in [3.63, 3.8) is 0 Å². The molecule has 9 heteroatoms. The molecule has 1 saturated heterocycles. The molecule has 1 saturated carbocycles. The molecule has 6 nitrogen and oxygen atoms in total. The maximum absolute atomic E-state index is 12.7. The van der Waals surface area contributed by atoms with Gasteiger partial charge in [-0.2, -0.15) is 8.78 Å². The molecule has 1 aromatic heterocycles. The van der Waals surface area contributed by atoms with Gasteiger partial charge in [0.15, 0.2) is 0 Å². The standard InChI is InChI=1S/C13H19F2N3O3S/c14-12(15)18-5-4-16-11(18)7-17-22(19,20)8-10-6-13(9-21-10)2-1-3-13/h4-5,10,12,17H,1-3,6-9H2. The molecule has 2 fully saturated rings. The van der Waals surface area contributed by atoms with Gasteiger partial charge in [0.1, 0.15) is 5.82 Å². The van der Waals surface area contributed by atoms with Crippen LogP contribution in [-0.4, -0.2) is 36.4 Å². The first kappa shape index (κ1) is 15.8. The van der Waals surface area contributed by atoms with Gasteiger partial charge in [0.05, 0.1) is 25.0 Å². The summed E-state index contributed by atoms with van der Waals surface area (Å²) >= 11 is 0. The minimum atomic E-state index is -3.59. The zero-order chi connectivity index (χ0) is 15.8. The van der Waals surface area contributed by atoms with Crippen molar-refractivity contribution in [3.05, 3.63) is 18.2 Å². The van der Waals surface area contributed by atoms with Gasteiger partial charge >= 0.3 is 6.55 Å². The number of hydrogen-bond acceptors (Lipinski definition) is 4. The van der Waals surface area contributed by atoms with E-state index in [0.717, 1.165) is 25.5 Å². The van der Waals surface area contributed by atoms with Gasteiger partial charge in [-0.05, 0) is 24.7 Å². The lowest BCUT2D eigenvalue weighted by Crippen LogP contribution is -2.34. The van der Waals surface area contributed by atoms with Crippen LogP contribution >= 0.6 is 0 Å². The lowest BCUT2D eigenvalue weighted by Gasteiger charge is -2.36. The zero-order valence-electron chi connectivity index (χ0n) is 12.0. The van der Waals surface area contributed by atoms with Gasteiger partial charge in [-0.25, -0.2) is 18.1 Å². The average molecular weight is 335 g/mol.